The van der Waals surface area contributed by atoms with Gasteiger partial charge in [0.2, 0.25) is 0 Å². The first-order valence-electron chi connectivity index (χ1n) is 3.30. The molecule has 0 aromatic carbocycles. The van der Waals surface area contributed by atoms with Crippen LogP contribution in [0.25, 0.3) is 0 Å². The van der Waals surface area contributed by atoms with Crippen LogP contribution in [0, 0.1) is 0 Å². The van der Waals surface area contributed by atoms with Gasteiger partial charge < -0.3 is 0 Å². The smallest absolute Gasteiger partial charge is 0.125 e. The fraction of sp³-hybridized carbons (Fsp3) is 0.667. The maximum Gasteiger partial charge on any atom is 0.125 e. The molecule has 2 aliphatic heterocycles. The number of hydrogen-bond acceptors (Lipinski definition) is 3. The van der Waals surface area contributed by atoms with Crippen molar-refractivity contribution < 1.29 is 0 Å². The summed E-state index contributed by atoms with van der Waals surface area (Å²) in [6.45, 7) is 2.06. The molecule has 0 aromatic heterocycles. The van der Waals surface area contributed by atoms with Crippen molar-refractivity contribution in [2.24, 2.45) is 10.1 Å². The average Bonchev–Trinajstić information content (AvgIpc) is 2.33. The monoisotopic (exact) mass is 123 g/mol. The molecule has 0 aliphatic carbocycles. The third kappa shape index (κ3) is 0.724. The van der Waals surface area contributed by atoms with Gasteiger partial charge in [0, 0.05) is 25.7 Å². The van der Waals surface area contributed by atoms with E-state index in [1.54, 1.807) is 0 Å². The van der Waals surface area contributed by atoms with Gasteiger partial charge in [-0.3, -0.25) is 10.0 Å². The lowest BCUT2D eigenvalue weighted by Gasteiger charge is -2.18. The first kappa shape index (κ1) is 4.97. The quantitative estimate of drug-likeness (QED) is 0.460. The molecule has 0 saturated carbocycles. The van der Waals surface area contributed by atoms with E-state index >= 15 is 0 Å². The number of fused-ring (bicyclic) bond motifs is 1. The fourth-order valence-electron chi connectivity index (χ4n) is 1.15. The molecule has 0 N–H and O–H groups in total. The van der Waals surface area contributed by atoms with Crippen LogP contribution in [0.4, 0.5) is 0 Å². The SMILES string of the molecule is C1=NN2CCCN=C2C1. The molecule has 3 nitrogen and oxygen atoms in total. The van der Waals surface area contributed by atoms with E-state index in [0.717, 1.165) is 31.8 Å². The van der Waals surface area contributed by atoms with Gasteiger partial charge in [-0.1, -0.05) is 0 Å². The van der Waals surface area contributed by atoms with Crippen LogP contribution in [-0.2, 0) is 0 Å². The number of aliphatic imine (C=N–C) groups is 1. The second-order valence-corrected chi connectivity index (χ2v) is 2.28. The van der Waals surface area contributed by atoms with Gasteiger partial charge in [0.25, 0.3) is 0 Å². The number of amidine groups is 1. The number of hydrazone groups is 1. The highest BCUT2D eigenvalue weighted by Gasteiger charge is 2.16. The summed E-state index contributed by atoms with van der Waals surface area (Å²) in [7, 11) is 0. The molecule has 0 amide bonds. The van der Waals surface area contributed by atoms with Gasteiger partial charge in [0.05, 0.1) is 0 Å². The summed E-state index contributed by atoms with van der Waals surface area (Å²) in [6, 6.07) is 0. The van der Waals surface area contributed by atoms with Gasteiger partial charge in [-0.2, -0.15) is 5.10 Å². The second-order valence-electron chi connectivity index (χ2n) is 2.28. The minimum absolute atomic E-state index is 0.944. The summed E-state index contributed by atoms with van der Waals surface area (Å²) in [4.78, 5) is 4.31. The van der Waals surface area contributed by atoms with E-state index in [-0.39, 0.29) is 0 Å². The third-order valence-electron chi connectivity index (χ3n) is 1.62. The maximum absolute atomic E-state index is 4.31. The van der Waals surface area contributed by atoms with Crippen molar-refractivity contribution >= 4 is 12.1 Å². The van der Waals surface area contributed by atoms with Gasteiger partial charge in [0.15, 0.2) is 0 Å². The Morgan fingerprint density at radius 3 is 3.44 bits per heavy atom. The Bertz CT molecular complexity index is 171. The van der Waals surface area contributed by atoms with Gasteiger partial charge in [-0.15, -0.1) is 0 Å². The number of hydrogen-bond donors (Lipinski definition) is 0. The van der Waals surface area contributed by atoms with Crippen molar-refractivity contribution in [2.45, 2.75) is 12.8 Å². The van der Waals surface area contributed by atoms with Crippen LogP contribution in [0.2, 0.25) is 0 Å². The Morgan fingerprint density at radius 1 is 1.56 bits per heavy atom. The van der Waals surface area contributed by atoms with Crippen molar-refractivity contribution in [3.8, 4) is 0 Å². The molecular weight excluding hydrogens is 114 g/mol. The van der Waals surface area contributed by atoms with Crippen LogP contribution in [0.1, 0.15) is 12.8 Å². The van der Waals surface area contributed by atoms with Crippen molar-refractivity contribution in [3.05, 3.63) is 0 Å². The summed E-state index contributed by atoms with van der Waals surface area (Å²) < 4.78 is 0. The van der Waals surface area contributed by atoms with E-state index in [1.165, 1.54) is 0 Å². The van der Waals surface area contributed by atoms with Gasteiger partial charge in [-0.25, -0.2) is 0 Å². The Labute approximate surface area is 54.1 Å². The predicted octanol–water partition coefficient (Wildman–Crippen LogP) is 0.480. The van der Waals surface area contributed by atoms with Crippen molar-refractivity contribution in [1.29, 1.82) is 0 Å². The van der Waals surface area contributed by atoms with E-state index in [0.29, 0.717) is 0 Å². The maximum atomic E-state index is 4.31. The zero-order valence-corrected chi connectivity index (χ0v) is 5.25. The van der Waals surface area contributed by atoms with Crippen LogP contribution < -0.4 is 0 Å². The zero-order chi connectivity index (χ0) is 6.10. The van der Waals surface area contributed by atoms with Crippen molar-refractivity contribution in [3.63, 3.8) is 0 Å². The third-order valence-corrected chi connectivity index (χ3v) is 1.62. The van der Waals surface area contributed by atoms with Crippen LogP contribution in [0.3, 0.4) is 0 Å². The standard InChI is InChI=1S/C6H9N3/c1-3-7-6-2-4-8-9(6)5-1/h4H,1-3,5H2. The molecule has 0 bridgehead atoms. The first-order chi connectivity index (χ1) is 4.47. The lowest BCUT2D eigenvalue weighted by atomic mass is 10.3. The lowest BCUT2D eigenvalue weighted by Crippen LogP contribution is -2.26. The van der Waals surface area contributed by atoms with E-state index in [1.807, 2.05) is 11.2 Å². The Hall–Kier alpha value is -0.860. The van der Waals surface area contributed by atoms with E-state index in [9.17, 15) is 0 Å². The molecule has 0 spiro atoms. The molecule has 0 saturated heterocycles. The van der Waals surface area contributed by atoms with E-state index in [4.69, 9.17) is 0 Å². The van der Waals surface area contributed by atoms with Crippen LogP contribution in [0.5, 0.6) is 0 Å². The number of nitrogens with zero attached hydrogens (tertiary/aromatic N) is 3. The fourth-order valence-corrected chi connectivity index (χ4v) is 1.15. The molecule has 0 atom stereocenters. The zero-order valence-electron chi connectivity index (χ0n) is 5.25. The largest absolute Gasteiger partial charge is 0.270 e. The molecule has 0 radical (unpaired) electrons. The van der Waals surface area contributed by atoms with E-state index in [2.05, 4.69) is 10.1 Å². The van der Waals surface area contributed by atoms with Gasteiger partial charge >= 0.3 is 0 Å². The first-order valence-corrected chi connectivity index (χ1v) is 3.30. The Kier molecular flexibility index (Phi) is 1.01. The summed E-state index contributed by atoms with van der Waals surface area (Å²) in [5, 5.41) is 6.12. The highest BCUT2D eigenvalue weighted by molar-refractivity contribution is 5.97. The molecule has 2 rings (SSSR count). The average molecular weight is 123 g/mol. The number of rotatable bonds is 0. The van der Waals surface area contributed by atoms with E-state index < -0.39 is 0 Å². The second kappa shape index (κ2) is 1.83. The minimum atomic E-state index is 0.944. The van der Waals surface area contributed by atoms with Crippen molar-refractivity contribution in [1.82, 2.24) is 5.01 Å². The molecule has 0 aromatic rings. The molecule has 3 heteroatoms. The highest BCUT2D eigenvalue weighted by Crippen LogP contribution is 2.09. The summed E-state index contributed by atoms with van der Waals surface area (Å²) in [5.74, 6) is 1.15. The Balaban J connectivity index is 2.22. The highest BCUT2D eigenvalue weighted by atomic mass is 15.5. The van der Waals surface area contributed by atoms with Crippen LogP contribution in [0.15, 0.2) is 10.1 Å². The normalized spacial score (nSPS) is 24.0. The van der Waals surface area contributed by atoms with Crippen molar-refractivity contribution in [2.75, 3.05) is 13.1 Å². The lowest BCUT2D eigenvalue weighted by molar-refractivity contribution is 0.425. The molecule has 0 unspecified atom stereocenters. The van der Waals surface area contributed by atoms with Crippen LogP contribution >= 0.6 is 0 Å². The molecule has 9 heavy (non-hydrogen) atoms. The van der Waals surface area contributed by atoms with Gasteiger partial charge in [-0.05, 0) is 6.42 Å². The predicted molar refractivity (Wildman–Crippen MR) is 36.7 cm³/mol. The minimum Gasteiger partial charge on any atom is -0.270 e. The molecular formula is C6H9N3. The summed E-state index contributed by atoms with van der Waals surface area (Å²) in [6.07, 6.45) is 4.02. The molecule has 2 heterocycles. The van der Waals surface area contributed by atoms with Crippen LogP contribution in [-0.4, -0.2) is 30.1 Å². The van der Waals surface area contributed by atoms with Gasteiger partial charge in [0.1, 0.15) is 5.84 Å². The Morgan fingerprint density at radius 2 is 2.56 bits per heavy atom. The topological polar surface area (TPSA) is 28.0 Å². The summed E-state index contributed by atoms with van der Waals surface area (Å²) >= 11 is 0. The molecule has 48 valence electrons. The molecule has 0 fully saturated rings. The molecule has 2 aliphatic rings. The summed E-state index contributed by atoms with van der Waals surface area (Å²) in [5.41, 5.74) is 0.